The van der Waals surface area contributed by atoms with E-state index in [-0.39, 0.29) is 4.90 Å². The number of fused-ring (bicyclic) bond motifs is 1. The SMILES string of the molecule is CCc1ccc(-c2nc3c(c(C)nn3-c3ccccc3)c(-c3ccccc3S(C)(=O)=O)c2C#N)cc1. The minimum atomic E-state index is -3.58. The van der Waals surface area contributed by atoms with E-state index >= 15 is 0 Å². The van der Waals surface area contributed by atoms with E-state index in [4.69, 9.17) is 10.1 Å². The fraction of sp³-hybridized carbons (Fsp3) is 0.138. The molecule has 2 heterocycles. The smallest absolute Gasteiger partial charge is 0.176 e. The molecule has 3 aromatic carbocycles. The Morgan fingerprint density at radius 3 is 2.25 bits per heavy atom. The fourth-order valence-corrected chi connectivity index (χ4v) is 5.44. The number of hydrogen-bond acceptors (Lipinski definition) is 5. The van der Waals surface area contributed by atoms with Crippen molar-refractivity contribution in [1.29, 1.82) is 5.26 Å². The molecule has 0 aliphatic heterocycles. The lowest BCUT2D eigenvalue weighted by Gasteiger charge is -2.15. The van der Waals surface area contributed by atoms with Gasteiger partial charge in [-0.25, -0.2) is 18.1 Å². The molecular weight excluding hydrogens is 468 g/mol. The summed E-state index contributed by atoms with van der Waals surface area (Å²) in [6, 6.07) is 26.7. The summed E-state index contributed by atoms with van der Waals surface area (Å²) in [4.78, 5) is 5.14. The number of nitriles is 1. The van der Waals surface area contributed by atoms with Gasteiger partial charge in [0.1, 0.15) is 6.07 Å². The van der Waals surface area contributed by atoms with Gasteiger partial charge in [-0.1, -0.05) is 67.6 Å². The monoisotopic (exact) mass is 492 g/mol. The van der Waals surface area contributed by atoms with Crippen molar-refractivity contribution >= 4 is 20.9 Å². The molecule has 0 fully saturated rings. The van der Waals surface area contributed by atoms with Crippen LogP contribution in [0.2, 0.25) is 0 Å². The first-order chi connectivity index (χ1) is 17.3. The number of benzene rings is 3. The van der Waals surface area contributed by atoms with Gasteiger partial charge >= 0.3 is 0 Å². The first-order valence-electron chi connectivity index (χ1n) is 11.6. The predicted molar refractivity (Wildman–Crippen MR) is 142 cm³/mol. The van der Waals surface area contributed by atoms with Gasteiger partial charge in [0.25, 0.3) is 0 Å². The van der Waals surface area contributed by atoms with Crippen molar-refractivity contribution in [3.63, 3.8) is 0 Å². The summed E-state index contributed by atoms with van der Waals surface area (Å²) in [5.41, 5.74) is 5.79. The highest BCUT2D eigenvalue weighted by atomic mass is 32.2. The van der Waals surface area contributed by atoms with Gasteiger partial charge in [0, 0.05) is 22.9 Å². The van der Waals surface area contributed by atoms with Crippen LogP contribution in [0.25, 0.3) is 39.1 Å². The number of aromatic nitrogens is 3. The molecule has 0 radical (unpaired) electrons. The molecule has 7 heteroatoms. The Morgan fingerprint density at radius 1 is 0.944 bits per heavy atom. The van der Waals surface area contributed by atoms with Crippen LogP contribution in [-0.4, -0.2) is 29.4 Å². The second-order valence-electron chi connectivity index (χ2n) is 8.67. The number of pyridine rings is 1. The van der Waals surface area contributed by atoms with E-state index in [0.29, 0.717) is 39.1 Å². The zero-order chi connectivity index (χ0) is 25.4. The van der Waals surface area contributed by atoms with Crippen molar-refractivity contribution in [2.24, 2.45) is 0 Å². The van der Waals surface area contributed by atoms with Crippen LogP contribution in [0.4, 0.5) is 0 Å². The maximum absolute atomic E-state index is 12.8. The topological polar surface area (TPSA) is 88.6 Å². The molecule has 5 rings (SSSR count). The van der Waals surface area contributed by atoms with Crippen LogP contribution in [-0.2, 0) is 16.3 Å². The normalized spacial score (nSPS) is 11.5. The van der Waals surface area contributed by atoms with Crippen LogP contribution in [0.5, 0.6) is 0 Å². The zero-order valence-electron chi connectivity index (χ0n) is 20.2. The molecule has 178 valence electrons. The molecule has 0 saturated carbocycles. The number of rotatable bonds is 5. The Balaban J connectivity index is 1.97. The average molecular weight is 493 g/mol. The third kappa shape index (κ3) is 3.96. The van der Waals surface area contributed by atoms with Crippen LogP contribution in [0.3, 0.4) is 0 Å². The van der Waals surface area contributed by atoms with E-state index in [0.717, 1.165) is 17.7 Å². The Bertz CT molecular complexity index is 1750. The molecule has 6 nitrogen and oxygen atoms in total. The third-order valence-corrected chi connectivity index (χ3v) is 7.45. The van der Waals surface area contributed by atoms with Crippen molar-refractivity contribution < 1.29 is 8.42 Å². The number of hydrogen-bond donors (Lipinski definition) is 0. The van der Waals surface area contributed by atoms with Crippen LogP contribution in [0, 0.1) is 18.3 Å². The summed E-state index contributed by atoms with van der Waals surface area (Å²) >= 11 is 0. The van der Waals surface area contributed by atoms with E-state index in [1.165, 1.54) is 11.8 Å². The van der Waals surface area contributed by atoms with Crippen molar-refractivity contribution in [2.75, 3.05) is 6.26 Å². The minimum Gasteiger partial charge on any atom is -0.226 e. The molecule has 0 atom stereocenters. The van der Waals surface area contributed by atoms with Gasteiger partial charge < -0.3 is 0 Å². The van der Waals surface area contributed by atoms with E-state index in [9.17, 15) is 13.7 Å². The highest BCUT2D eigenvalue weighted by molar-refractivity contribution is 7.90. The second kappa shape index (κ2) is 9.06. The molecule has 2 aromatic heterocycles. The molecule has 0 unspecified atom stereocenters. The summed E-state index contributed by atoms with van der Waals surface area (Å²) in [5, 5.41) is 15.8. The van der Waals surface area contributed by atoms with Crippen molar-refractivity contribution in [1.82, 2.24) is 14.8 Å². The molecule has 0 amide bonds. The number of para-hydroxylation sites is 1. The molecule has 0 aliphatic rings. The van der Waals surface area contributed by atoms with E-state index in [1.54, 1.807) is 28.9 Å². The van der Waals surface area contributed by atoms with Crippen molar-refractivity contribution in [2.45, 2.75) is 25.2 Å². The first kappa shape index (κ1) is 23.5. The van der Waals surface area contributed by atoms with Crippen molar-refractivity contribution in [3.8, 4) is 34.1 Å². The summed E-state index contributed by atoms with van der Waals surface area (Å²) in [6.07, 6.45) is 2.08. The van der Waals surface area contributed by atoms with Crippen molar-refractivity contribution in [3.05, 3.63) is 95.7 Å². The molecule has 0 aliphatic carbocycles. The van der Waals surface area contributed by atoms with Gasteiger partial charge in [-0.15, -0.1) is 0 Å². The lowest BCUT2D eigenvalue weighted by molar-refractivity contribution is 0.602. The number of aryl methyl sites for hydroxylation is 2. The molecule has 0 bridgehead atoms. The van der Waals surface area contributed by atoms with Crippen LogP contribution in [0.1, 0.15) is 23.7 Å². The van der Waals surface area contributed by atoms with Gasteiger partial charge in [0.15, 0.2) is 15.5 Å². The predicted octanol–water partition coefficient (Wildman–Crippen LogP) is 5.90. The van der Waals surface area contributed by atoms with Gasteiger partial charge in [-0.3, -0.25) is 0 Å². The second-order valence-corrected chi connectivity index (χ2v) is 10.7. The summed E-state index contributed by atoms with van der Waals surface area (Å²) in [7, 11) is -3.58. The lowest BCUT2D eigenvalue weighted by atomic mass is 9.93. The number of sulfone groups is 1. The summed E-state index contributed by atoms with van der Waals surface area (Å²) in [5.74, 6) is 0. The highest BCUT2D eigenvalue weighted by Crippen LogP contribution is 2.41. The van der Waals surface area contributed by atoms with Gasteiger partial charge in [-0.2, -0.15) is 10.4 Å². The van der Waals surface area contributed by atoms with Gasteiger partial charge in [-0.05, 0) is 37.1 Å². The molecule has 0 N–H and O–H groups in total. The minimum absolute atomic E-state index is 0.160. The van der Waals surface area contributed by atoms with E-state index < -0.39 is 9.84 Å². The quantitative estimate of drug-likeness (QED) is 0.305. The molecule has 36 heavy (non-hydrogen) atoms. The molecular formula is C29H24N4O2S. The third-order valence-electron chi connectivity index (χ3n) is 6.29. The Hall–Kier alpha value is -4.28. The largest absolute Gasteiger partial charge is 0.226 e. The molecule has 0 spiro atoms. The van der Waals surface area contributed by atoms with E-state index in [2.05, 4.69) is 13.0 Å². The zero-order valence-corrected chi connectivity index (χ0v) is 21.0. The van der Waals surface area contributed by atoms with Gasteiger partial charge in [0.05, 0.1) is 32.9 Å². The Morgan fingerprint density at radius 2 is 1.61 bits per heavy atom. The standard InChI is InChI=1S/C29H24N4O2S/c1-4-20-14-16-21(17-15-20)28-24(18-30)27(23-12-8-9-13-25(23)36(3,34)35)26-19(2)32-33(29(26)31-28)22-10-6-5-7-11-22/h5-17H,4H2,1-3H3. The lowest BCUT2D eigenvalue weighted by Crippen LogP contribution is -2.04. The molecule has 5 aromatic rings. The van der Waals surface area contributed by atoms with E-state index in [1.807, 2.05) is 61.5 Å². The number of nitrogens with zero attached hydrogens (tertiary/aromatic N) is 4. The van der Waals surface area contributed by atoms with Crippen LogP contribution >= 0.6 is 0 Å². The fourth-order valence-electron chi connectivity index (χ4n) is 4.55. The first-order valence-corrected chi connectivity index (χ1v) is 13.5. The van der Waals surface area contributed by atoms with Crippen LogP contribution in [0.15, 0.2) is 83.8 Å². The highest BCUT2D eigenvalue weighted by Gasteiger charge is 2.26. The Kier molecular flexibility index (Phi) is 5.91. The average Bonchev–Trinajstić information content (AvgIpc) is 3.23. The van der Waals surface area contributed by atoms with Crippen LogP contribution < -0.4 is 0 Å². The Labute approximate surface area is 210 Å². The summed E-state index contributed by atoms with van der Waals surface area (Å²) < 4.78 is 27.3. The maximum atomic E-state index is 12.8. The maximum Gasteiger partial charge on any atom is 0.176 e. The summed E-state index contributed by atoms with van der Waals surface area (Å²) in [6.45, 7) is 3.94. The molecule has 0 saturated heterocycles. The van der Waals surface area contributed by atoms with Gasteiger partial charge in [0.2, 0.25) is 0 Å².